The van der Waals surface area contributed by atoms with Crippen molar-refractivity contribution in [2.45, 2.75) is 51.7 Å². The molecule has 1 aliphatic rings. The summed E-state index contributed by atoms with van der Waals surface area (Å²) >= 11 is 0. The Labute approximate surface area is 164 Å². The number of carbonyl (C=O) groups excluding carboxylic acids is 3. The molecule has 1 aliphatic carbocycles. The number of amides is 2. The lowest BCUT2D eigenvalue weighted by Gasteiger charge is -2.22. The first-order valence-electron chi connectivity index (χ1n) is 9.02. The highest BCUT2D eigenvalue weighted by atomic mass is 16.6. The molecule has 8 heteroatoms. The van der Waals surface area contributed by atoms with Gasteiger partial charge in [0.1, 0.15) is 11.1 Å². The number of esters is 1. The second kappa shape index (κ2) is 8.30. The fourth-order valence-electron chi connectivity index (χ4n) is 2.53. The van der Waals surface area contributed by atoms with E-state index < -0.39 is 35.7 Å². The van der Waals surface area contributed by atoms with Crippen LogP contribution in [0.2, 0.25) is 0 Å². The normalized spacial score (nSPS) is 15.5. The SMILES string of the molecule is CC(C)(C)OC(=O)Nc1ccc(C(=O)OCC(=O)N[C@](C)(C#N)C2CC2)cc1. The number of nitrogens with one attached hydrogen (secondary N) is 2. The molecule has 2 amide bonds. The van der Waals surface area contributed by atoms with E-state index in [0.717, 1.165) is 12.8 Å². The number of benzene rings is 1. The zero-order valence-corrected chi connectivity index (χ0v) is 16.5. The van der Waals surface area contributed by atoms with E-state index in [1.165, 1.54) is 24.3 Å². The molecule has 0 aliphatic heterocycles. The zero-order valence-electron chi connectivity index (χ0n) is 16.5. The number of rotatable bonds is 6. The minimum atomic E-state index is -0.932. The van der Waals surface area contributed by atoms with Crippen molar-refractivity contribution in [1.29, 1.82) is 5.26 Å². The highest BCUT2D eigenvalue weighted by molar-refractivity contribution is 5.92. The number of nitrogens with zero attached hydrogens (tertiary/aromatic N) is 1. The summed E-state index contributed by atoms with van der Waals surface area (Å²) < 4.78 is 10.1. The van der Waals surface area contributed by atoms with Crippen molar-refractivity contribution in [2.24, 2.45) is 5.92 Å². The molecule has 8 nitrogen and oxygen atoms in total. The maximum atomic E-state index is 12.1. The largest absolute Gasteiger partial charge is 0.452 e. The third kappa shape index (κ3) is 6.27. The summed E-state index contributed by atoms with van der Waals surface area (Å²) in [5, 5.41) is 14.4. The summed E-state index contributed by atoms with van der Waals surface area (Å²) in [6.45, 7) is 6.46. The van der Waals surface area contributed by atoms with Crippen LogP contribution in [0.3, 0.4) is 0 Å². The van der Waals surface area contributed by atoms with Gasteiger partial charge in [0.2, 0.25) is 0 Å². The van der Waals surface area contributed by atoms with Crippen LogP contribution in [-0.2, 0) is 14.3 Å². The first-order valence-corrected chi connectivity index (χ1v) is 9.02. The van der Waals surface area contributed by atoms with E-state index in [1.807, 2.05) is 0 Å². The Hall–Kier alpha value is -3.08. The third-order valence-electron chi connectivity index (χ3n) is 4.13. The molecular formula is C20H25N3O5. The number of nitriles is 1. The van der Waals surface area contributed by atoms with Gasteiger partial charge in [-0.1, -0.05) is 0 Å². The van der Waals surface area contributed by atoms with E-state index >= 15 is 0 Å². The summed E-state index contributed by atoms with van der Waals surface area (Å²) in [7, 11) is 0. The third-order valence-corrected chi connectivity index (χ3v) is 4.13. The van der Waals surface area contributed by atoms with E-state index in [2.05, 4.69) is 16.7 Å². The fraction of sp³-hybridized carbons (Fsp3) is 0.500. The number of hydrogen-bond donors (Lipinski definition) is 2. The van der Waals surface area contributed by atoms with Gasteiger partial charge in [0.05, 0.1) is 11.6 Å². The lowest BCUT2D eigenvalue weighted by molar-refractivity contribution is -0.125. The molecule has 28 heavy (non-hydrogen) atoms. The number of carbonyl (C=O) groups is 3. The maximum Gasteiger partial charge on any atom is 0.412 e. The quantitative estimate of drug-likeness (QED) is 0.725. The van der Waals surface area contributed by atoms with Gasteiger partial charge in [-0.2, -0.15) is 5.26 Å². The molecule has 1 fully saturated rings. The van der Waals surface area contributed by atoms with E-state index in [9.17, 15) is 19.6 Å². The lowest BCUT2D eigenvalue weighted by atomic mass is 9.98. The molecule has 1 aromatic carbocycles. The Morgan fingerprint density at radius 1 is 1.14 bits per heavy atom. The number of ether oxygens (including phenoxy) is 2. The van der Waals surface area contributed by atoms with Gasteiger partial charge in [-0.15, -0.1) is 0 Å². The fourth-order valence-corrected chi connectivity index (χ4v) is 2.53. The van der Waals surface area contributed by atoms with Gasteiger partial charge in [0.15, 0.2) is 6.61 Å². The van der Waals surface area contributed by atoms with Crippen molar-refractivity contribution in [3.05, 3.63) is 29.8 Å². The van der Waals surface area contributed by atoms with Crippen molar-refractivity contribution in [2.75, 3.05) is 11.9 Å². The van der Waals surface area contributed by atoms with Crippen LogP contribution in [0, 0.1) is 17.2 Å². The zero-order chi connectivity index (χ0) is 20.9. The average molecular weight is 387 g/mol. The second-order valence-corrected chi connectivity index (χ2v) is 7.92. The van der Waals surface area contributed by atoms with Crippen molar-refractivity contribution in [1.82, 2.24) is 5.32 Å². The van der Waals surface area contributed by atoms with Gasteiger partial charge in [-0.3, -0.25) is 10.1 Å². The minimum Gasteiger partial charge on any atom is -0.452 e. The molecule has 0 aromatic heterocycles. The van der Waals surface area contributed by atoms with Crippen LogP contribution < -0.4 is 10.6 Å². The van der Waals surface area contributed by atoms with Crippen molar-refractivity contribution >= 4 is 23.7 Å². The molecule has 0 bridgehead atoms. The Morgan fingerprint density at radius 3 is 2.25 bits per heavy atom. The molecule has 0 saturated heterocycles. The molecule has 2 rings (SSSR count). The van der Waals surface area contributed by atoms with Gasteiger partial charge in [0, 0.05) is 5.69 Å². The number of anilines is 1. The highest BCUT2D eigenvalue weighted by Gasteiger charge is 2.43. The van der Waals surface area contributed by atoms with Gasteiger partial charge in [-0.25, -0.2) is 9.59 Å². The van der Waals surface area contributed by atoms with Crippen LogP contribution >= 0.6 is 0 Å². The average Bonchev–Trinajstić information content (AvgIpc) is 3.44. The molecule has 1 aromatic rings. The molecule has 2 N–H and O–H groups in total. The van der Waals surface area contributed by atoms with E-state index in [-0.39, 0.29) is 11.5 Å². The summed E-state index contributed by atoms with van der Waals surface area (Å²) in [4.78, 5) is 35.8. The Balaban J connectivity index is 1.83. The molecule has 0 heterocycles. The van der Waals surface area contributed by atoms with Crippen molar-refractivity contribution in [3.8, 4) is 6.07 Å². The minimum absolute atomic E-state index is 0.141. The first-order chi connectivity index (χ1) is 13.0. The number of hydrogen-bond acceptors (Lipinski definition) is 6. The van der Waals surface area contributed by atoms with Crippen molar-refractivity contribution < 1.29 is 23.9 Å². The molecule has 1 saturated carbocycles. The van der Waals surface area contributed by atoms with Crippen molar-refractivity contribution in [3.63, 3.8) is 0 Å². The van der Waals surface area contributed by atoms with Crippen LogP contribution in [0.1, 0.15) is 50.9 Å². The summed E-state index contributed by atoms with van der Waals surface area (Å²) in [6, 6.07) is 8.10. The first kappa shape index (κ1) is 21.2. The molecule has 150 valence electrons. The molecule has 0 radical (unpaired) electrons. The van der Waals surface area contributed by atoms with Gasteiger partial charge >= 0.3 is 12.1 Å². The van der Waals surface area contributed by atoms with Crippen LogP contribution in [0.25, 0.3) is 0 Å². The van der Waals surface area contributed by atoms with E-state index in [4.69, 9.17) is 9.47 Å². The predicted molar refractivity (Wildman–Crippen MR) is 101 cm³/mol. The Bertz CT molecular complexity index is 788. The standard InChI is InChI=1S/C20H25N3O5/c1-19(2,3)28-18(26)22-15-9-5-13(6-10-15)17(25)27-11-16(24)23-20(4,12-21)14-7-8-14/h5-6,9-10,14H,7-8,11H2,1-4H3,(H,22,26)(H,23,24)/t20-/m1/s1. The maximum absolute atomic E-state index is 12.1. The lowest BCUT2D eigenvalue weighted by Crippen LogP contribution is -2.48. The second-order valence-electron chi connectivity index (χ2n) is 7.92. The Morgan fingerprint density at radius 2 is 1.75 bits per heavy atom. The monoisotopic (exact) mass is 387 g/mol. The van der Waals surface area contributed by atoms with Gasteiger partial charge < -0.3 is 14.8 Å². The predicted octanol–water partition coefficient (Wildman–Crippen LogP) is 3.00. The van der Waals surface area contributed by atoms with Gasteiger partial charge in [0.25, 0.3) is 5.91 Å². The summed E-state index contributed by atoms with van der Waals surface area (Å²) in [5.74, 6) is -1.06. The Kier molecular flexibility index (Phi) is 6.29. The van der Waals surface area contributed by atoms with Crippen LogP contribution in [0.4, 0.5) is 10.5 Å². The van der Waals surface area contributed by atoms with Gasteiger partial charge in [-0.05, 0) is 70.7 Å². The van der Waals surface area contributed by atoms with E-state index in [0.29, 0.717) is 5.69 Å². The van der Waals surface area contributed by atoms with Crippen LogP contribution in [-0.4, -0.2) is 35.7 Å². The molecule has 1 atom stereocenters. The summed E-state index contributed by atoms with van der Waals surface area (Å²) in [5.41, 5.74) is -0.862. The highest BCUT2D eigenvalue weighted by Crippen LogP contribution is 2.39. The molecule has 0 spiro atoms. The molecule has 0 unspecified atom stereocenters. The van der Waals surface area contributed by atoms with E-state index in [1.54, 1.807) is 27.7 Å². The van der Waals surface area contributed by atoms with Crippen LogP contribution in [0.15, 0.2) is 24.3 Å². The topological polar surface area (TPSA) is 118 Å². The van der Waals surface area contributed by atoms with Crippen LogP contribution in [0.5, 0.6) is 0 Å². The smallest absolute Gasteiger partial charge is 0.412 e. The molecular weight excluding hydrogens is 362 g/mol. The summed E-state index contributed by atoms with van der Waals surface area (Å²) in [6.07, 6.45) is 1.19.